The molecular weight excluding hydrogens is 346 g/mol. The van der Waals surface area contributed by atoms with Crippen molar-refractivity contribution in [1.29, 1.82) is 0 Å². The Hall–Kier alpha value is -3.35. The molecule has 7 heteroatoms. The number of benzene rings is 2. The number of ether oxygens (including phenoxy) is 1. The van der Waals surface area contributed by atoms with Gasteiger partial charge in [0, 0.05) is 11.8 Å². The van der Waals surface area contributed by atoms with Crippen molar-refractivity contribution >= 4 is 23.5 Å². The minimum atomic E-state index is -0.609. The summed E-state index contributed by atoms with van der Waals surface area (Å²) >= 11 is 0. The molecule has 1 atom stereocenters. The second kappa shape index (κ2) is 8.35. The number of nitrogens with one attached hydrogen (secondary N) is 2. The van der Waals surface area contributed by atoms with Gasteiger partial charge in [0.2, 0.25) is 5.91 Å². The zero-order chi connectivity index (χ0) is 19.2. The highest BCUT2D eigenvalue weighted by Gasteiger charge is 2.38. The zero-order valence-electron chi connectivity index (χ0n) is 15.0. The number of aryl methyl sites for hydroxylation is 1. The molecule has 0 aromatic heterocycles. The maximum absolute atomic E-state index is 12.5. The summed E-state index contributed by atoms with van der Waals surface area (Å²) < 4.78 is 5.10. The highest BCUT2D eigenvalue weighted by atomic mass is 16.5. The van der Waals surface area contributed by atoms with Gasteiger partial charge in [-0.25, -0.2) is 4.79 Å². The Morgan fingerprint density at radius 1 is 1.15 bits per heavy atom. The first kappa shape index (κ1) is 18.4. The quantitative estimate of drug-likeness (QED) is 0.735. The minimum absolute atomic E-state index is 0.330. The second-order valence-corrected chi connectivity index (χ2v) is 6.23. The number of hydrogen-bond donors (Lipinski definition) is 2. The van der Waals surface area contributed by atoms with Gasteiger partial charge in [-0.1, -0.05) is 36.4 Å². The van der Waals surface area contributed by atoms with Gasteiger partial charge in [-0.2, -0.15) is 0 Å². The molecule has 4 amide bonds. The normalized spacial score (nSPS) is 16.2. The fourth-order valence-corrected chi connectivity index (χ4v) is 2.92. The highest BCUT2D eigenvalue weighted by Crippen LogP contribution is 2.17. The van der Waals surface area contributed by atoms with Crippen LogP contribution in [0.25, 0.3) is 0 Å². The van der Waals surface area contributed by atoms with Gasteiger partial charge in [0.05, 0.1) is 7.11 Å². The van der Waals surface area contributed by atoms with Crippen molar-refractivity contribution in [1.82, 2.24) is 10.2 Å². The number of imide groups is 1. The van der Waals surface area contributed by atoms with Crippen molar-refractivity contribution in [2.45, 2.75) is 18.9 Å². The molecule has 7 nitrogen and oxygen atoms in total. The van der Waals surface area contributed by atoms with E-state index in [9.17, 15) is 14.4 Å². The summed E-state index contributed by atoms with van der Waals surface area (Å²) in [6.07, 6.45) is 1.16. The lowest BCUT2D eigenvalue weighted by molar-refractivity contribution is -0.130. The summed E-state index contributed by atoms with van der Waals surface area (Å²) in [5, 5.41) is 5.31. The molecule has 140 valence electrons. The molecule has 2 aromatic rings. The van der Waals surface area contributed by atoms with Crippen LogP contribution in [-0.2, 0) is 16.0 Å². The fourth-order valence-electron chi connectivity index (χ4n) is 2.92. The van der Waals surface area contributed by atoms with E-state index in [4.69, 9.17) is 4.74 Å². The number of rotatable bonds is 7. The van der Waals surface area contributed by atoms with Crippen LogP contribution in [0.4, 0.5) is 10.5 Å². The number of methoxy groups -OCH3 is 1. The summed E-state index contributed by atoms with van der Waals surface area (Å²) in [7, 11) is 1.53. The monoisotopic (exact) mass is 367 g/mol. The third kappa shape index (κ3) is 4.63. The predicted octanol–water partition coefficient (Wildman–Crippen LogP) is 2.19. The van der Waals surface area contributed by atoms with Gasteiger partial charge in [-0.3, -0.25) is 14.5 Å². The van der Waals surface area contributed by atoms with Crippen LogP contribution in [0, 0.1) is 0 Å². The van der Waals surface area contributed by atoms with Gasteiger partial charge < -0.3 is 15.4 Å². The van der Waals surface area contributed by atoms with E-state index in [1.807, 2.05) is 30.3 Å². The van der Waals surface area contributed by atoms with Crippen LogP contribution < -0.4 is 15.4 Å². The lowest BCUT2D eigenvalue weighted by Gasteiger charge is -2.13. The van der Waals surface area contributed by atoms with E-state index in [1.165, 1.54) is 7.11 Å². The Morgan fingerprint density at radius 3 is 2.67 bits per heavy atom. The zero-order valence-corrected chi connectivity index (χ0v) is 15.0. The molecule has 2 N–H and O–H groups in total. The van der Waals surface area contributed by atoms with Crippen molar-refractivity contribution in [3.63, 3.8) is 0 Å². The minimum Gasteiger partial charge on any atom is -0.497 e. The highest BCUT2D eigenvalue weighted by molar-refractivity contribution is 6.07. The molecule has 2 aromatic carbocycles. The molecule has 1 heterocycles. The Balaban J connectivity index is 1.55. The van der Waals surface area contributed by atoms with Crippen LogP contribution in [0.3, 0.4) is 0 Å². The van der Waals surface area contributed by atoms with Gasteiger partial charge >= 0.3 is 6.03 Å². The average molecular weight is 367 g/mol. The van der Waals surface area contributed by atoms with Crippen molar-refractivity contribution in [2.24, 2.45) is 0 Å². The Morgan fingerprint density at radius 2 is 1.93 bits per heavy atom. The summed E-state index contributed by atoms with van der Waals surface area (Å²) in [5.41, 5.74) is 1.63. The van der Waals surface area contributed by atoms with E-state index >= 15 is 0 Å². The molecule has 0 radical (unpaired) electrons. The molecule has 0 saturated carbocycles. The summed E-state index contributed by atoms with van der Waals surface area (Å²) in [5.74, 6) is -0.226. The lowest BCUT2D eigenvalue weighted by Crippen LogP contribution is -2.38. The molecule has 1 fully saturated rings. The number of carbonyl (C=O) groups is 3. The predicted molar refractivity (Wildman–Crippen MR) is 100 cm³/mol. The maximum atomic E-state index is 12.5. The van der Waals surface area contributed by atoms with E-state index < -0.39 is 18.0 Å². The summed E-state index contributed by atoms with van der Waals surface area (Å²) in [6, 6.07) is 15.4. The number of hydrogen-bond acceptors (Lipinski definition) is 4. The van der Waals surface area contributed by atoms with Crippen LogP contribution in [0.15, 0.2) is 54.6 Å². The van der Waals surface area contributed by atoms with Gasteiger partial charge in [0.15, 0.2) is 0 Å². The number of carbonyl (C=O) groups excluding carboxylic acids is 3. The second-order valence-electron chi connectivity index (χ2n) is 6.23. The van der Waals surface area contributed by atoms with Crippen molar-refractivity contribution in [2.75, 3.05) is 19.0 Å². The molecule has 1 aliphatic heterocycles. The molecule has 27 heavy (non-hydrogen) atoms. The van der Waals surface area contributed by atoms with E-state index in [2.05, 4.69) is 10.6 Å². The topological polar surface area (TPSA) is 87.7 Å². The third-order valence-corrected chi connectivity index (χ3v) is 4.33. The van der Waals surface area contributed by atoms with E-state index in [0.29, 0.717) is 24.3 Å². The molecule has 1 unspecified atom stereocenters. The standard InChI is InChI=1S/C20H21N3O4/c1-27-16-9-5-8-15(12-16)21-18(24)13-23-19(25)17(22-20(23)26)11-10-14-6-3-2-4-7-14/h2-9,12,17H,10-11,13H2,1H3,(H,21,24)(H,22,26). The van der Waals surface area contributed by atoms with E-state index in [1.54, 1.807) is 24.3 Å². The first-order valence-electron chi connectivity index (χ1n) is 8.66. The molecular formula is C20H21N3O4. The third-order valence-electron chi connectivity index (χ3n) is 4.33. The number of urea groups is 1. The fraction of sp³-hybridized carbons (Fsp3) is 0.250. The first-order chi connectivity index (χ1) is 13.1. The number of nitrogens with zero attached hydrogens (tertiary/aromatic N) is 1. The Bertz CT molecular complexity index is 838. The van der Waals surface area contributed by atoms with Gasteiger partial charge in [0.1, 0.15) is 18.3 Å². The van der Waals surface area contributed by atoms with E-state index in [0.717, 1.165) is 10.5 Å². The summed E-state index contributed by atoms with van der Waals surface area (Å²) in [4.78, 5) is 37.7. The van der Waals surface area contributed by atoms with Crippen LogP contribution in [0.5, 0.6) is 5.75 Å². The Labute approximate surface area is 157 Å². The van der Waals surface area contributed by atoms with Crippen LogP contribution in [0.1, 0.15) is 12.0 Å². The molecule has 0 bridgehead atoms. The van der Waals surface area contributed by atoms with Crippen molar-refractivity contribution in [3.8, 4) is 5.75 Å². The van der Waals surface area contributed by atoms with Crippen LogP contribution in [0.2, 0.25) is 0 Å². The van der Waals surface area contributed by atoms with Crippen LogP contribution in [-0.4, -0.2) is 42.4 Å². The molecule has 1 saturated heterocycles. The largest absolute Gasteiger partial charge is 0.497 e. The SMILES string of the molecule is COc1cccc(NC(=O)CN2C(=O)NC(CCc3ccccc3)C2=O)c1. The van der Waals surface area contributed by atoms with Crippen molar-refractivity contribution < 1.29 is 19.1 Å². The first-order valence-corrected chi connectivity index (χ1v) is 8.66. The van der Waals surface area contributed by atoms with E-state index in [-0.39, 0.29) is 12.5 Å². The molecule has 3 rings (SSSR count). The van der Waals surface area contributed by atoms with Gasteiger partial charge in [-0.15, -0.1) is 0 Å². The molecule has 0 aliphatic carbocycles. The summed E-state index contributed by atoms with van der Waals surface area (Å²) in [6.45, 7) is -0.330. The smallest absolute Gasteiger partial charge is 0.325 e. The van der Waals surface area contributed by atoms with Crippen LogP contribution >= 0.6 is 0 Å². The molecule has 1 aliphatic rings. The average Bonchev–Trinajstić information content (AvgIpc) is 2.95. The lowest BCUT2D eigenvalue weighted by atomic mass is 10.1. The van der Waals surface area contributed by atoms with Crippen molar-refractivity contribution in [3.05, 3.63) is 60.2 Å². The number of amides is 4. The van der Waals surface area contributed by atoms with Gasteiger partial charge in [-0.05, 0) is 30.5 Å². The maximum Gasteiger partial charge on any atom is 0.325 e. The molecule has 0 spiro atoms. The number of anilines is 1. The Kier molecular flexibility index (Phi) is 5.71. The van der Waals surface area contributed by atoms with Gasteiger partial charge in [0.25, 0.3) is 5.91 Å².